The number of amides is 1. The summed E-state index contributed by atoms with van der Waals surface area (Å²) in [5.41, 5.74) is -2.27. The van der Waals surface area contributed by atoms with Crippen LogP contribution in [0.3, 0.4) is 0 Å². The maximum absolute atomic E-state index is 13.2. The number of halogens is 6. The monoisotopic (exact) mass is 506 g/mol. The van der Waals surface area contributed by atoms with Crippen molar-refractivity contribution in [3.05, 3.63) is 52.6 Å². The highest BCUT2D eigenvalue weighted by atomic mass is 19.4. The molecule has 0 radical (unpaired) electrons. The van der Waals surface area contributed by atoms with Gasteiger partial charge in [0.15, 0.2) is 11.5 Å². The molecule has 1 aliphatic rings. The fourth-order valence-corrected chi connectivity index (χ4v) is 4.06. The molecule has 0 aromatic heterocycles. The van der Waals surface area contributed by atoms with Crippen LogP contribution in [0.2, 0.25) is 0 Å². The van der Waals surface area contributed by atoms with Crippen molar-refractivity contribution in [2.24, 2.45) is 0 Å². The summed E-state index contributed by atoms with van der Waals surface area (Å²) in [6.45, 7) is 3.15. The number of hydrogen-bond donors (Lipinski definition) is 2. The first-order valence-electron chi connectivity index (χ1n) is 10.6. The smallest absolute Gasteiger partial charge is 0.416 e. The third kappa shape index (κ3) is 5.75. The van der Waals surface area contributed by atoms with Gasteiger partial charge in [-0.2, -0.15) is 26.3 Å². The number of alkyl halides is 6. The van der Waals surface area contributed by atoms with E-state index in [2.05, 4.69) is 5.32 Å². The van der Waals surface area contributed by atoms with E-state index < -0.39 is 41.7 Å². The average Bonchev–Trinajstić information content (AvgIpc) is 2.76. The van der Waals surface area contributed by atoms with E-state index in [-0.39, 0.29) is 42.7 Å². The Bertz CT molecular complexity index is 1050. The van der Waals surface area contributed by atoms with E-state index in [1.54, 1.807) is 13.8 Å². The second-order valence-corrected chi connectivity index (χ2v) is 8.08. The van der Waals surface area contributed by atoms with Crippen molar-refractivity contribution in [3.8, 4) is 11.5 Å². The van der Waals surface area contributed by atoms with Crippen LogP contribution in [-0.4, -0.2) is 31.0 Å². The molecule has 0 saturated heterocycles. The average molecular weight is 506 g/mol. The molecule has 1 amide bonds. The molecule has 35 heavy (non-hydrogen) atoms. The number of carbonyl (C=O) groups is 1. The van der Waals surface area contributed by atoms with Crippen LogP contribution < -0.4 is 15.0 Å². The van der Waals surface area contributed by atoms with Crippen molar-refractivity contribution in [1.29, 1.82) is 0 Å². The molecule has 0 unspecified atom stereocenters. The molecular formula is C23H24F6N2O4. The molecule has 0 fully saturated rings. The van der Waals surface area contributed by atoms with Gasteiger partial charge in [0.25, 0.3) is 0 Å². The Hall–Kier alpha value is -3.15. The van der Waals surface area contributed by atoms with Gasteiger partial charge in [-0.05, 0) is 55.7 Å². The molecule has 2 N–H and O–H groups in total. The Morgan fingerprint density at radius 2 is 1.69 bits per heavy atom. The van der Waals surface area contributed by atoms with Crippen molar-refractivity contribution in [1.82, 2.24) is 5.32 Å². The minimum Gasteiger partial charge on any atom is -0.504 e. The Morgan fingerprint density at radius 1 is 1.09 bits per heavy atom. The second-order valence-electron chi connectivity index (χ2n) is 8.08. The summed E-state index contributed by atoms with van der Waals surface area (Å²) in [6.07, 6.45) is -10.3. The van der Waals surface area contributed by atoms with E-state index in [9.17, 15) is 36.2 Å². The summed E-state index contributed by atoms with van der Waals surface area (Å²) in [5, 5.41) is 13.3. The highest BCUT2D eigenvalue weighted by Crippen LogP contribution is 2.44. The van der Waals surface area contributed by atoms with Crippen molar-refractivity contribution in [2.45, 2.75) is 51.2 Å². The van der Waals surface area contributed by atoms with Crippen molar-refractivity contribution < 1.29 is 45.7 Å². The van der Waals surface area contributed by atoms with Gasteiger partial charge < -0.3 is 19.9 Å². The fourth-order valence-electron chi connectivity index (χ4n) is 4.06. The summed E-state index contributed by atoms with van der Waals surface area (Å²) in [5.74, 6) is -0.159. The van der Waals surface area contributed by atoms with Crippen LogP contribution in [-0.2, 0) is 23.6 Å². The molecule has 0 saturated carbocycles. The highest BCUT2D eigenvalue weighted by molar-refractivity contribution is 5.91. The SMILES string of the molecule is CCOC(=O)N1c2cc(OC)c(O)cc2[C@H](NCc2cc(C(F)(F)F)cc(C(F)(F)F)c2)C[C@@H]1C. The molecule has 1 heterocycles. The topological polar surface area (TPSA) is 71.0 Å². The molecule has 6 nitrogen and oxygen atoms in total. The Kier molecular flexibility index (Phi) is 7.44. The summed E-state index contributed by atoms with van der Waals surface area (Å²) < 4.78 is 89.4. The van der Waals surface area contributed by atoms with Gasteiger partial charge >= 0.3 is 18.4 Å². The van der Waals surface area contributed by atoms with Gasteiger partial charge in [0.2, 0.25) is 0 Å². The van der Waals surface area contributed by atoms with Gasteiger partial charge in [-0.3, -0.25) is 4.90 Å². The van der Waals surface area contributed by atoms with Crippen molar-refractivity contribution in [3.63, 3.8) is 0 Å². The van der Waals surface area contributed by atoms with Crippen LogP contribution >= 0.6 is 0 Å². The lowest BCUT2D eigenvalue weighted by atomic mass is 9.91. The number of anilines is 1. The standard InChI is InChI=1S/C23H24F6N2O4/c1-4-35-21(33)31-12(2)5-17(16-9-19(32)20(34-3)10-18(16)31)30-11-13-6-14(22(24,25)26)8-15(7-13)23(27,28)29/h6-10,12,17,30,32H,4-5,11H2,1-3H3/t12-,17+/m0/s1. The van der Waals surface area contributed by atoms with Gasteiger partial charge in [-0.1, -0.05) is 0 Å². The van der Waals surface area contributed by atoms with Crippen LogP contribution in [0, 0.1) is 0 Å². The van der Waals surface area contributed by atoms with Gasteiger partial charge in [0.05, 0.1) is 30.5 Å². The van der Waals surface area contributed by atoms with E-state index >= 15 is 0 Å². The number of phenols is 1. The first kappa shape index (κ1) is 26.5. The quantitative estimate of drug-likeness (QED) is 0.485. The Morgan fingerprint density at radius 3 is 2.20 bits per heavy atom. The second kappa shape index (κ2) is 9.84. The zero-order valence-electron chi connectivity index (χ0n) is 19.0. The van der Waals surface area contributed by atoms with Crippen LogP contribution in [0.1, 0.15) is 48.6 Å². The normalized spacial score (nSPS) is 18.3. The molecule has 0 bridgehead atoms. The number of phenolic OH excluding ortho intramolecular Hbond substituents is 1. The van der Waals surface area contributed by atoms with Crippen LogP contribution in [0.5, 0.6) is 11.5 Å². The summed E-state index contributed by atoms with van der Waals surface area (Å²) in [6, 6.07) is 3.11. The fraction of sp³-hybridized carbons (Fsp3) is 0.435. The van der Waals surface area contributed by atoms with Gasteiger partial charge in [0, 0.05) is 24.7 Å². The third-order valence-electron chi connectivity index (χ3n) is 5.65. The lowest BCUT2D eigenvalue weighted by Crippen LogP contribution is -2.45. The minimum absolute atomic E-state index is 0.0724. The van der Waals surface area contributed by atoms with Gasteiger partial charge in [-0.25, -0.2) is 4.79 Å². The molecule has 3 rings (SSSR count). The van der Waals surface area contributed by atoms with Crippen LogP contribution in [0.25, 0.3) is 0 Å². The molecule has 192 valence electrons. The van der Waals surface area contributed by atoms with E-state index in [0.717, 1.165) is 0 Å². The first-order chi connectivity index (χ1) is 16.3. The Labute approximate surface area is 197 Å². The Balaban J connectivity index is 1.98. The van der Waals surface area contributed by atoms with Gasteiger partial charge in [-0.15, -0.1) is 0 Å². The number of fused-ring (bicyclic) bond motifs is 1. The number of methoxy groups -OCH3 is 1. The molecule has 0 spiro atoms. The lowest BCUT2D eigenvalue weighted by Gasteiger charge is -2.39. The molecule has 2 aromatic rings. The predicted molar refractivity (Wildman–Crippen MR) is 114 cm³/mol. The molecule has 12 heteroatoms. The van der Waals surface area contributed by atoms with Crippen molar-refractivity contribution in [2.75, 3.05) is 18.6 Å². The van der Waals surface area contributed by atoms with E-state index in [0.29, 0.717) is 23.4 Å². The van der Waals surface area contributed by atoms with Crippen molar-refractivity contribution >= 4 is 11.8 Å². The zero-order valence-corrected chi connectivity index (χ0v) is 19.0. The first-order valence-corrected chi connectivity index (χ1v) is 10.6. The molecule has 2 atom stereocenters. The van der Waals surface area contributed by atoms with Gasteiger partial charge in [0.1, 0.15) is 0 Å². The number of ether oxygens (including phenoxy) is 2. The van der Waals surface area contributed by atoms with E-state index in [1.165, 1.54) is 24.1 Å². The summed E-state index contributed by atoms with van der Waals surface area (Å²) >= 11 is 0. The number of nitrogens with one attached hydrogen (secondary N) is 1. The summed E-state index contributed by atoms with van der Waals surface area (Å²) in [4.78, 5) is 13.9. The molecule has 0 aliphatic carbocycles. The lowest BCUT2D eigenvalue weighted by molar-refractivity contribution is -0.143. The number of benzene rings is 2. The third-order valence-corrected chi connectivity index (χ3v) is 5.65. The maximum atomic E-state index is 13.2. The number of hydrogen-bond acceptors (Lipinski definition) is 5. The number of aromatic hydroxyl groups is 1. The molecular weight excluding hydrogens is 482 g/mol. The van der Waals surface area contributed by atoms with E-state index in [4.69, 9.17) is 9.47 Å². The maximum Gasteiger partial charge on any atom is 0.416 e. The van der Waals surface area contributed by atoms with Crippen LogP contribution in [0.4, 0.5) is 36.8 Å². The molecule has 1 aliphatic heterocycles. The highest BCUT2D eigenvalue weighted by Gasteiger charge is 2.38. The number of rotatable bonds is 5. The minimum atomic E-state index is -4.95. The summed E-state index contributed by atoms with van der Waals surface area (Å²) in [7, 11) is 1.32. The molecule has 2 aromatic carbocycles. The predicted octanol–water partition coefficient (Wildman–Crippen LogP) is 6.02. The van der Waals surface area contributed by atoms with E-state index in [1.807, 2.05) is 0 Å². The number of carbonyl (C=O) groups excluding carboxylic acids is 1. The zero-order chi connectivity index (χ0) is 26.1. The largest absolute Gasteiger partial charge is 0.504 e. The number of nitrogens with zero attached hydrogens (tertiary/aromatic N) is 1. The van der Waals surface area contributed by atoms with Crippen LogP contribution in [0.15, 0.2) is 30.3 Å².